The summed E-state index contributed by atoms with van der Waals surface area (Å²) in [4.78, 5) is 15.2. The number of aromatic nitrogens is 2. The minimum absolute atomic E-state index is 0.0947. The van der Waals surface area contributed by atoms with Gasteiger partial charge in [0, 0.05) is 18.0 Å². The van der Waals surface area contributed by atoms with E-state index in [-0.39, 0.29) is 5.91 Å². The van der Waals surface area contributed by atoms with Crippen molar-refractivity contribution in [3.8, 4) is 0 Å². The third-order valence-electron chi connectivity index (χ3n) is 2.76. The minimum atomic E-state index is 0.0947. The van der Waals surface area contributed by atoms with Crippen molar-refractivity contribution in [3.05, 3.63) is 21.3 Å². The first-order valence-electron chi connectivity index (χ1n) is 6.84. The van der Waals surface area contributed by atoms with Gasteiger partial charge in [0.15, 0.2) is 4.34 Å². The van der Waals surface area contributed by atoms with Crippen molar-refractivity contribution in [2.75, 3.05) is 24.2 Å². The highest BCUT2D eigenvalue weighted by Gasteiger charge is 2.15. The summed E-state index contributed by atoms with van der Waals surface area (Å²) in [5.74, 6) is 0.463. The van der Waals surface area contributed by atoms with Gasteiger partial charge < -0.3 is 10.2 Å². The van der Waals surface area contributed by atoms with Crippen LogP contribution < -0.4 is 5.32 Å². The molecule has 2 aromatic heterocycles. The molecule has 0 aliphatic carbocycles. The molecule has 0 aliphatic rings. The number of hydrogen-bond acceptors (Lipinski definition) is 7. The van der Waals surface area contributed by atoms with Gasteiger partial charge in [-0.1, -0.05) is 34.7 Å². The highest BCUT2D eigenvalue weighted by molar-refractivity contribution is 8.01. The Morgan fingerprint density at radius 1 is 1.36 bits per heavy atom. The first kappa shape index (κ1) is 17.5. The van der Waals surface area contributed by atoms with Gasteiger partial charge in [-0.05, 0) is 26.0 Å². The number of thiophene rings is 1. The Hall–Kier alpha value is -0.830. The SMILES string of the molecule is CCNc1nnc(SCC(=O)N(CC)Cc2ccc(Cl)s2)s1. The topological polar surface area (TPSA) is 58.1 Å². The van der Waals surface area contributed by atoms with Crippen LogP contribution in [0.1, 0.15) is 18.7 Å². The highest BCUT2D eigenvalue weighted by Crippen LogP contribution is 2.26. The third-order valence-corrected chi connectivity index (χ3v) is 5.98. The predicted octanol–water partition coefficient (Wildman–Crippen LogP) is 3.83. The van der Waals surface area contributed by atoms with Crippen molar-refractivity contribution in [1.82, 2.24) is 15.1 Å². The van der Waals surface area contributed by atoms with Crippen LogP contribution >= 0.6 is 46.0 Å². The number of rotatable bonds is 8. The lowest BCUT2D eigenvalue weighted by Crippen LogP contribution is -2.31. The molecule has 2 heterocycles. The lowest BCUT2D eigenvalue weighted by molar-refractivity contribution is -0.128. The largest absolute Gasteiger partial charge is 0.360 e. The fourth-order valence-electron chi connectivity index (χ4n) is 1.71. The summed E-state index contributed by atoms with van der Waals surface area (Å²) in [5, 5.41) is 12.0. The third kappa shape index (κ3) is 5.12. The second kappa shape index (κ2) is 8.71. The van der Waals surface area contributed by atoms with Crippen LogP contribution in [0.3, 0.4) is 0 Å². The zero-order valence-corrected chi connectivity index (χ0v) is 15.5. The maximum absolute atomic E-state index is 12.3. The van der Waals surface area contributed by atoms with Crippen molar-refractivity contribution >= 4 is 57.1 Å². The Kier molecular flexibility index (Phi) is 6.94. The van der Waals surface area contributed by atoms with Crippen LogP contribution in [-0.2, 0) is 11.3 Å². The van der Waals surface area contributed by atoms with Crippen molar-refractivity contribution in [1.29, 1.82) is 0 Å². The molecule has 0 saturated carbocycles. The quantitative estimate of drug-likeness (QED) is 0.709. The zero-order valence-electron chi connectivity index (χ0n) is 12.3. The molecule has 0 unspecified atom stereocenters. The summed E-state index contributed by atoms with van der Waals surface area (Å²) >= 11 is 10.3. The summed E-state index contributed by atoms with van der Waals surface area (Å²) in [7, 11) is 0. The summed E-state index contributed by atoms with van der Waals surface area (Å²) in [6.07, 6.45) is 0. The number of halogens is 1. The van der Waals surface area contributed by atoms with Crippen LogP contribution in [0, 0.1) is 0 Å². The predicted molar refractivity (Wildman–Crippen MR) is 95.2 cm³/mol. The van der Waals surface area contributed by atoms with E-state index in [1.807, 2.05) is 30.9 Å². The number of carbonyl (C=O) groups excluding carboxylic acids is 1. The second-order valence-electron chi connectivity index (χ2n) is 4.31. The number of thioether (sulfide) groups is 1. The summed E-state index contributed by atoms with van der Waals surface area (Å²) in [5.41, 5.74) is 0. The maximum atomic E-state index is 12.3. The normalized spacial score (nSPS) is 10.7. The standard InChI is InChI=1S/C13H17ClN4OS3/c1-3-15-12-16-17-13(22-12)20-8-11(19)18(4-2)7-9-5-6-10(14)21-9/h5-6H,3-4,7-8H2,1-2H3,(H,15,16). The van der Waals surface area contributed by atoms with Crippen LogP contribution in [0.2, 0.25) is 4.34 Å². The molecular weight excluding hydrogens is 360 g/mol. The van der Waals surface area contributed by atoms with Crippen LogP contribution in [0.25, 0.3) is 0 Å². The molecule has 9 heteroatoms. The first-order valence-corrected chi connectivity index (χ1v) is 9.84. The second-order valence-corrected chi connectivity index (χ2v) is 8.31. The van der Waals surface area contributed by atoms with E-state index in [9.17, 15) is 4.79 Å². The van der Waals surface area contributed by atoms with Crippen LogP contribution in [-0.4, -0.2) is 39.8 Å². The fourth-order valence-corrected chi connectivity index (χ4v) is 4.53. The molecule has 0 aromatic carbocycles. The lowest BCUT2D eigenvalue weighted by Gasteiger charge is -2.19. The van der Waals surface area contributed by atoms with Gasteiger partial charge in [-0.15, -0.1) is 21.5 Å². The molecule has 0 bridgehead atoms. The number of carbonyl (C=O) groups is 1. The molecule has 1 N–H and O–H groups in total. The van der Waals surface area contributed by atoms with Gasteiger partial charge >= 0.3 is 0 Å². The molecule has 0 fully saturated rings. The Morgan fingerprint density at radius 2 is 2.18 bits per heavy atom. The van der Waals surface area contributed by atoms with Crippen LogP contribution in [0.5, 0.6) is 0 Å². The Bertz CT molecular complexity index is 616. The van der Waals surface area contributed by atoms with Crippen molar-refractivity contribution in [3.63, 3.8) is 0 Å². The average molecular weight is 377 g/mol. The highest BCUT2D eigenvalue weighted by atomic mass is 35.5. The average Bonchev–Trinajstić information content (AvgIpc) is 3.12. The summed E-state index contributed by atoms with van der Waals surface area (Å²) in [6.45, 7) is 6.07. The van der Waals surface area contributed by atoms with Crippen molar-refractivity contribution in [2.24, 2.45) is 0 Å². The molecule has 0 spiro atoms. The molecule has 120 valence electrons. The molecule has 2 rings (SSSR count). The van der Waals surface area contributed by atoms with Crippen LogP contribution in [0.15, 0.2) is 16.5 Å². The number of nitrogens with zero attached hydrogens (tertiary/aromatic N) is 3. The molecule has 5 nitrogen and oxygen atoms in total. The van der Waals surface area contributed by atoms with Gasteiger partial charge in [0.1, 0.15) is 0 Å². The van der Waals surface area contributed by atoms with Gasteiger partial charge in [-0.25, -0.2) is 0 Å². The van der Waals surface area contributed by atoms with Gasteiger partial charge in [0.05, 0.1) is 16.6 Å². The molecule has 22 heavy (non-hydrogen) atoms. The van der Waals surface area contributed by atoms with E-state index >= 15 is 0 Å². The number of amides is 1. The Balaban J connectivity index is 1.85. The van der Waals surface area contributed by atoms with Gasteiger partial charge in [0.25, 0.3) is 0 Å². The molecule has 0 saturated heterocycles. The summed E-state index contributed by atoms with van der Waals surface area (Å²) < 4.78 is 1.55. The van der Waals surface area contributed by atoms with Crippen LogP contribution in [0.4, 0.5) is 5.13 Å². The van der Waals surface area contributed by atoms with Gasteiger partial charge in [-0.3, -0.25) is 4.79 Å². The van der Waals surface area contributed by atoms with Crippen molar-refractivity contribution < 1.29 is 4.79 Å². The van der Waals surface area contributed by atoms with E-state index in [1.165, 1.54) is 34.4 Å². The van der Waals surface area contributed by atoms with E-state index < -0.39 is 0 Å². The monoisotopic (exact) mass is 376 g/mol. The molecule has 0 aliphatic heterocycles. The smallest absolute Gasteiger partial charge is 0.233 e. The van der Waals surface area contributed by atoms with Gasteiger partial charge in [-0.2, -0.15) is 0 Å². The lowest BCUT2D eigenvalue weighted by atomic mass is 10.4. The molecular formula is C13H17ClN4OS3. The summed E-state index contributed by atoms with van der Waals surface area (Å²) in [6, 6.07) is 3.82. The van der Waals surface area contributed by atoms with E-state index in [0.29, 0.717) is 18.8 Å². The fraction of sp³-hybridized carbons (Fsp3) is 0.462. The van der Waals surface area contributed by atoms with E-state index in [0.717, 1.165) is 25.2 Å². The number of nitrogens with one attached hydrogen (secondary N) is 1. The molecule has 0 radical (unpaired) electrons. The van der Waals surface area contributed by atoms with Gasteiger partial charge in [0.2, 0.25) is 11.0 Å². The molecule has 2 aromatic rings. The van der Waals surface area contributed by atoms with Crippen molar-refractivity contribution in [2.45, 2.75) is 24.7 Å². The maximum Gasteiger partial charge on any atom is 0.233 e. The van der Waals surface area contributed by atoms with E-state index in [2.05, 4.69) is 15.5 Å². The zero-order chi connectivity index (χ0) is 15.9. The Labute approximate surface area is 147 Å². The minimum Gasteiger partial charge on any atom is -0.360 e. The number of hydrogen-bond donors (Lipinski definition) is 1. The first-order chi connectivity index (χ1) is 10.6. The molecule has 1 amide bonds. The van der Waals surface area contributed by atoms with E-state index in [1.54, 1.807) is 0 Å². The van der Waals surface area contributed by atoms with E-state index in [4.69, 9.17) is 11.6 Å². The Morgan fingerprint density at radius 3 is 2.82 bits per heavy atom. The molecule has 0 atom stereocenters. The number of anilines is 1.